The van der Waals surface area contributed by atoms with Crippen LogP contribution < -0.4 is 16.0 Å². The number of benzene rings is 1. The van der Waals surface area contributed by atoms with Gasteiger partial charge in [0.15, 0.2) is 0 Å². The van der Waals surface area contributed by atoms with E-state index in [1.807, 2.05) is 19.9 Å². The fraction of sp³-hybridized carbons (Fsp3) is 0.545. The van der Waals surface area contributed by atoms with E-state index in [4.69, 9.17) is 5.26 Å². The lowest BCUT2D eigenvalue weighted by Crippen LogP contribution is -2.59. The topological polar surface area (TPSA) is 111 Å². The number of hydrogen-bond donors (Lipinski definition) is 3. The van der Waals surface area contributed by atoms with Crippen LogP contribution in [0.3, 0.4) is 0 Å². The molecule has 1 fully saturated rings. The average molecular weight is 416 g/mol. The Hall–Kier alpha value is -2.95. The smallest absolute Gasteiger partial charge is 0.252 e. The fourth-order valence-electron chi connectivity index (χ4n) is 3.79. The first-order valence-electron chi connectivity index (χ1n) is 10.4. The quantitative estimate of drug-likeness (QED) is 0.565. The van der Waals surface area contributed by atoms with E-state index in [-0.39, 0.29) is 29.6 Å². The number of rotatable bonds is 8. The Morgan fingerprint density at radius 2 is 1.83 bits per heavy atom. The standard InChI is InChI=1S/C22H29FN4O3/c1-3-15(4-2)19(28)26-18-9-8-16(14-17(18)23)20(29)27-22(10-6-5-7-11-22)21(30)25-13-12-24/h8-9,14-15H,3-7,10-11,13H2,1-2H3,(H,25,30)(H,26,28)(H,27,29). The molecular formula is C22H29FN4O3. The maximum Gasteiger partial charge on any atom is 0.252 e. The highest BCUT2D eigenvalue weighted by Gasteiger charge is 2.40. The molecular weight excluding hydrogens is 387 g/mol. The number of carbonyl (C=O) groups is 3. The lowest BCUT2D eigenvalue weighted by molar-refractivity contribution is -0.128. The summed E-state index contributed by atoms with van der Waals surface area (Å²) in [7, 11) is 0. The van der Waals surface area contributed by atoms with E-state index >= 15 is 0 Å². The molecule has 7 nitrogen and oxygen atoms in total. The number of nitriles is 1. The van der Waals surface area contributed by atoms with Gasteiger partial charge in [0.25, 0.3) is 5.91 Å². The van der Waals surface area contributed by atoms with Gasteiger partial charge < -0.3 is 16.0 Å². The molecule has 0 aliphatic heterocycles. The molecule has 0 unspecified atom stereocenters. The van der Waals surface area contributed by atoms with E-state index < -0.39 is 23.2 Å². The van der Waals surface area contributed by atoms with E-state index in [9.17, 15) is 18.8 Å². The summed E-state index contributed by atoms with van der Waals surface area (Å²) in [5.74, 6) is -2.14. The Labute approximate surface area is 176 Å². The third-order valence-corrected chi connectivity index (χ3v) is 5.67. The Morgan fingerprint density at radius 3 is 2.40 bits per heavy atom. The number of anilines is 1. The van der Waals surface area contributed by atoms with Crippen molar-refractivity contribution in [1.82, 2.24) is 10.6 Å². The minimum atomic E-state index is -1.11. The molecule has 0 heterocycles. The molecule has 3 amide bonds. The summed E-state index contributed by atoms with van der Waals surface area (Å²) in [4.78, 5) is 37.6. The molecule has 2 rings (SSSR count). The van der Waals surface area contributed by atoms with Crippen LogP contribution in [0.2, 0.25) is 0 Å². The summed E-state index contributed by atoms with van der Waals surface area (Å²) in [6, 6.07) is 5.69. The molecule has 0 spiro atoms. The predicted octanol–water partition coefficient (Wildman–Crippen LogP) is 3.27. The van der Waals surface area contributed by atoms with Crippen molar-refractivity contribution >= 4 is 23.4 Å². The van der Waals surface area contributed by atoms with Crippen molar-refractivity contribution in [1.29, 1.82) is 5.26 Å². The van der Waals surface area contributed by atoms with Crippen molar-refractivity contribution in [3.8, 4) is 6.07 Å². The van der Waals surface area contributed by atoms with Crippen LogP contribution in [0.4, 0.5) is 10.1 Å². The predicted molar refractivity (Wildman–Crippen MR) is 111 cm³/mol. The van der Waals surface area contributed by atoms with Gasteiger partial charge in [-0.1, -0.05) is 33.1 Å². The summed E-state index contributed by atoms with van der Waals surface area (Å²) in [6.45, 7) is 3.65. The first-order chi connectivity index (χ1) is 14.4. The number of amides is 3. The van der Waals surface area contributed by atoms with Crippen molar-refractivity contribution in [2.75, 3.05) is 11.9 Å². The van der Waals surface area contributed by atoms with Crippen LogP contribution >= 0.6 is 0 Å². The van der Waals surface area contributed by atoms with Gasteiger partial charge in [-0.2, -0.15) is 5.26 Å². The summed E-state index contributed by atoms with van der Waals surface area (Å²) in [5.41, 5.74) is -1.03. The maximum absolute atomic E-state index is 14.5. The van der Waals surface area contributed by atoms with E-state index in [1.54, 1.807) is 0 Å². The van der Waals surface area contributed by atoms with E-state index in [0.717, 1.165) is 25.3 Å². The van der Waals surface area contributed by atoms with Gasteiger partial charge >= 0.3 is 0 Å². The van der Waals surface area contributed by atoms with Crippen LogP contribution in [-0.2, 0) is 9.59 Å². The minimum Gasteiger partial charge on any atom is -0.341 e. The molecule has 1 saturated carbocycles. The zero-order valence-electron chi connectivity index (χ0n) is 17.5. The summed E-state index contributed by atoms with van der Waals surface area (Å²) < 4.78 is 14.5. The van der Waals surface area contributed by atoms with Crippen molar-refractivity contribution in [3.05, 3.63) is 29.6 Å². The van der Waals surface area contributed by atoms with Gasteiger partial charge in [0.05, 0.1) is 11.8 Å². The lowest BCUT2D eigenvalue weighted by atomic mass is 9.80. The highest BCUT2D eigenvalue weighted by molar-refractivity contribution is 6.00. The van der Waals surface area contributed by atoms with Gasteiger partial charge in [0.1, 0.15) is 17.9 Å². The molecule has 1 aliphatic carbocycles. The van der Waals surface area contributed by atoms with E-state index in [0.29, 0.717) is 25.7 Å². The van der Waals surface area contributed by atoms with Crippen LogP contribution in [0.1, 0.15) is 69.2 Å². The minimum absolute atomic E-state index is 0.0163. The molecule has 1 aromatic rings. The average Bonchev–Trinajstić information content (AvgIpc) is 2.74. The Morgan fingerprint density at radius 1 is 1.17 bits per heavy atom. The normalized spacial score (nSPS) is 15.2. The van der Waals surface area contributed by atoms with Gasteiger partial charge in [-0.3, -0.25) is 14.4 Å². The van der Waals surface area contributed by atoms with Gasteiger partial charge in [-0.15, -0.1) is 0 Å². The fourth-order valence-corrected chi connectivity index (χ4v) is 3.79. The molecule has 3 N–H and O–H groups in total. The van der Waals surface area contributed by atoms with Crippen LogP contribution in [0.5, 0.6) is 0 Å². The van der Waals surface area contributed by atoms with Crippen LogP contribution in [-0.4, -0.2) is 29.8 Å². The van der Waals surface area contributed by atoms with E-state index in [1.165, 1.54) is 12.1 Å². The zero-order chi connectivity index (χ0) is 22.1. The second-order valence-corrected chi connectivity index (χ2v) is 7.63. The third-order valence-electron chi connectivity index (χ3n) is 5.67. The first kappa shape index (κ1) is 23.3. The maximum atomic E-state index is 14.5. The molecule has 162 valence electrons. The second-order valence-electron chi connectivity index (χ2n) is 7.63. The number of carbonyl (C=O) groups excluding carboxylic acids is 3. The molecule has 0 aromatic heterocycles. The Kier molecular flexibility index (Phi) is 8.34. The first-order valence-corrected chi connectivity index (χ1v) is 10.4. The Bertz CT molecular complexity index is 824. The van der Waals surface area contributed by atoms with Crippen LogP contribution in [0.25, 0.3) is 0 Å². The zero-order valence-corrected chi connectivity index (χ0v) is 17.5. The van der Waals surface area contributed by atoms with Gasteiger partial charge in [0.2, 0.25) is 11.8 Å². The molecule has 1 aliphatic rings. The molecule has 8 heteroatoms. The van der Waals surface area contributed by atoms with Crippen molar-refractivity contribution in [3.63, 3.8) is 0 Å². The lowest BCUT2D eigenvalue weighted by Gasteiger charge is -2.36. The van der Waals surface area contributed by atoms with Crippen molar-refractivity contribution in [2.45, 2.75) is 64.3 Å². The van der Waals surface area contributed by atoms with Crippen LogP contribution in [0, 0.1) is 23.1 Å². The number of nitrogens with one attached hydrogen (secondary N) is 3. The summed E-state index contributed by atoms with van der Waals surface area (Å²) >= 11 is 0. The highest BCUT2D eigenvalue weighted by atomic mass is 19.1. The van der Waals surface area contributed by atoms with Gasteiger partial charge in [0, 0.05) is 11.5 Å². The number of nitrogens with zero attached hydrogens (tertiary/aromatic N) is 1. The highest BCUT2D eigenvalue weighted by Crippen LogP contribution is 2.29. The molecule has 0 saturated heterocycles. The number of hydrogen-bond acceptors (Lipinski definition) is 4. The van der Waals surface area contributed by atoms with Gasteiger partial charge in [-0.25, -0.2) is 4.39 Å². The van der Waals surface area contributed by atoms with Crippen molar-refractivity contribution in [2.24, 2.45) is 5.92 Å². The second kappa shape index (κ2) is 10.7. The summed E-state index contributed by atoms with van der Waals surface area (Å²) in [5, 5.41) is 16.6. The third kappa shape index (κ3) is 5.56. The van der Waals surface area contributed by atoms with Crippen LogP contribution in [0.15, 0.2) is 18.2 Å². The molecule has 0 bridgehead atoms. The largest absolute Gasteiger partial charge is 0.341 e. The molecule has 0 atom stereocenters. The molecule has 0 radical (unpaired) electrons. The number of halogens is 1. The Balaban J connectivity index is 2.15. The monoisotopic (exact) mass is 416 g/mol. The SMILES string of the molecule is CCC(CC)C(=O)Nc1ccc(C(=O)NC2(C(=O)NCC#N)CCCCC2)cc1F. The summed E-state index contributed by atoms with van der Waals surface area (Å²) in [6.07, 6.45) is 4.73. The molecule has 30 heavy (non-hydrogen) atoms. The van der Waals surface area contributed by atoms with E-state index in [2.05, 4.69) is 16.0 Å². The molecule has 1 aromatic carbocycles. The van der Waals surface area contributed by atoms with Crippen molar-refractivity contribution < 1.29 is 18.8 Å². The van der Waals surface area contributed by atoms with Gasteiger partial charge in [-0.05, 0) is 43.9 Å².